The lowest BCUT2D eigenvalue weighted by Crippen LogP contribution is -1.99. The fourth-order valence-corrected chi connectivity index (χ4v) is 13.1. The third-order valence-electron chi connectivity index (χ3n) is 17.9. The zero-order chi connectivity index (χ0) is 62.8. The van der Waals surface area contributed by atoms with Crippen LogP contribution in [0.3, 0.4) is 0 Å². The van der Waals surface area contributed by atoms with E-state index in [1.54, 1.807) is 0 Å². The van der Waals surface area contributed by atoms with Crippen molar-refractivity contribution < 1.29 is 8.83 Å². The van der Waals surface area contributed by atoms with E-state index in [0.717, 1.165) is 167 Å². The van der Waals surface area contributed by atoms with Gasteiger partial charge < -0.3 is 8.83 Å². The van der Waals surface area contributed by atoms with Gasteiger partial charge in [0.1, 0.15) is 28.1 Å². The Morgan fingerprint density at radius 3 is 1.22 bits per heavy atom. The van der Waals surface area contributed by atoms with Crippen molar-refractivity contribution in [3.8, 4) is 130 Å². The first kappa shape index (κ1) is 54.9. The molecule has 0 amide bonds. The number of hydrogen-bond acceptors (Lipinski definition) is 8. The van der Waals surface area contributed by atoms with Gasteiger partial charge in [0.2, 0.25) is 0 Å². The molecule has 0 spiro atoms. The fourth-order valence-electron chi connectivity index (χ4n) is 13.1. The van der Waals surface area contributed by atoms with Crippen molar-refractivity contribution in [1.29, 1.82) is 0 Å². The maximum atomic E-state index is 6.87. The van der Waals surface area contributed by atoms with E-state index in [1.807, 2.05) is 91.0 Å². The molecule has 6 aromatic heterocycles. The van der Waals surface area contributed by atoms with E-state index in [9.17, 15) is 0 Å². The van der Waals surface area contributed by atoms with Gasteiger partial charge in [-0.3, -0.25) is 4.57 Å². The Morgan fingerprint density at radius 2 is 0.642 bits per heavy atom. The van der Waals surface area contributed by atoms with Crippen molar-refractivity contribution in [2.75, 3.05) is 0 Å². The first-order valence-electron chi connectivity index (χ1n) is 31.7. The molecule has 0 saturated heterocycles. The molecule has 0 fully saturated rings. The van der Waals surface area contributed by atoms with Gasteiger partial charge in [-0.1, -0.05) is 237 Å². The van der Waals surface area contributed by atoms with Gasteiger partial charge in [-0.25, -0.2) is 29.9 Å². The lowest BCUT2D eigenvalue weighted by atomic mass is 9.98. The summed E-state index contributed by atoms with van der Waals surface area (Å²) in [5.74, 6) is 2.13. The van der Waals surface area contributed by atoms with E-state index in [-0.39, 0.29) is 0 Å². The zero-order valence-electron chi connectivity index (χ0n) is 51.0. The molecule has 444 valence electrons. The summed E-state index contributed by atoms with van der Waals surface area (Å²) in [4.78, 5) is 31.4. The number of benzene rings is 12. The molecule has 0 N–H and O–H groups in total. The third-order valence-corrected chi connectivity index (χ3v) is 17.9. The summed E-state index contributed by atoms with van der Waals surface area (Å²) in [5, 5.41) is 3.13. The van der Waals surface area contributed by atoms with Gasteiger partial charge in [-0.15, -0.1) is 0 Å². The molecule has 9 heteroatoms. The van der Waals surface area contributed by atoms with E-state index in [1.165, 1.54) is 0 Å². The van der Waals surface area contributed by atoms with E-state index >= 15 is 0 Å². The maximum absolute atomic E-state index is 6.87. The van der Waals surface area contributed by atoms with Gasteiger partial charge in [-0.2, -0.15) is 0 Å². The highest BCUT2D eigenvalue weighted by molar-refractivity contribution is 6.10. The van der Waals surface area contributed by atoms with Crippen molar-refractivity contribution in [3.63, 3.8) is 0 Å². The minimum absolute atomic E-state index is 0.632. The molecule has 0 radical (unpaired) electrons. The second kappa shape index (κ2) is 23.1. The molecule has 9 nitrogen and oxygen atoms in total. The topological polar surface area (TPSA) is 109 Å². The van der Waals surface area contributed by atoms with Crippen molar-refractivity contribution >= 4 is 55.0 Å². The lowest BCUT2D eigenvalue weighted by Gasteiger charge is -2.12. The number of para-hydroxylation sites is 1. The monoisotopic (exact) mass is 1220 g/mol. The van der Waals surface area contributed by atoms with Crippen molar-refractivity contribution in [1.82, 2.24) is 34.5 Å². The van der Waals surface area contributed by atoms with Gasteiger partial charge in [0.05, 0.1) is 39.5 Å². The maximum Gasteiger partial charge on any atom is 0.161 e. The van der Waals surface area contributed by atoms with Crippen LogP contribution in [0.5, 0.6) is 0 Å². The van der Waals surface area contributed by atoms with Gasteiger partial charge >= 0.3 is 0 Å². The number of fused-ring (bicyclic) bond motifs is 7. The van der Waals surface area contributed by atoms with E-state index in [0.29, 0.717) is 17.2 Å². The van der Waals surface area contributed by atoms with E-state index < -0.39 is 0 Å². The molecule has 12 aromatic carbocycles. The summed E-state index contributed by atoms with van der Waals surface area (Å²) in [6, 6.07) is 111. The average molecular weight is 1220 g/mol. The molecule has 0 aliphatic heterocycles. The second-order valence-electron chi connectivity index (χ2n) is 23.8. The summed E-state index contributed by atoms with van der Waals surface area (Å²) < 4.78 is 15.2. The number of pyridine rings is 1. The molecule has 0 aliphatic carbocycles. The molecule has 6 heterocycles. The molecular weight excluding hydrogens is 1160 g/mol. The largest absolute Gasteiger partial charge is 0.456 e. The molecule has 95 heavy (non-hydrogen) atoms. The predicted molar refractivity (Wildman–Crippen MR) is 384 cm³/mol. The van der Waals surface area contributed by atoms with Crippen molar-refractivity contribution in [3.05, 3.63) is 322 Å². The molecule has 18 rings (SSSR count). The summed E-state index contributed by atoms with van der Waals surface area (Å²) >= 11 is 0. The molecule has 0 bridgehead atoms. The summed E-state index contributed by atoms with van der Waals surface area (Å²) in [5.41, 5.74) is 25.1. The molecule has 0 atom stereocenters. The first-order valence-corrected chi connectivity index (χ1v) is 31.7. The standard InChI is InChI=1S/C86H53N7O2/c1-6-18-56(19-7-1)72-51-69(55-32-36-60(37-33-55)76-52-73(57-20-8-2-9-21-57)88-84(90-76)61-24-12-4-13-25-61)83-82(87-72)71-49-65(42-47-81(71)95-83)66-40-45-78-77(50-66)92-86(63-26-14-5-15-27-63)93(78)67-43-38-62(39-44-67)85-89-74(58-22-10-3-11-23-58)53-75(91-85)59-34-30-54(31-35-59)64-41-46-80-70(48-64)68-28-16-17-29-79(68)94-80/h1-53H. The smallest absolute Gasteiger partial charge is 0.161 e. The van der Waals surface area contributed by atoms with Gasteiger partial charge in [-0.05, 0) is 113 Å². The third kappa shape index (κ3) is 10.2. The van der Waals surface area contributed by atoms with Crippen LogP contribution in [0.1, 0.15) is 0 Å². The Kier molecular flexibility index (Phi) is 13.3. The van der Waals surface area contributed by atoms with Gasteiger partial charge in [0.15, 0.2) is 17.2 Å². The van der Waals surface area contributed by atoms with Crippen LogP contribution in [-0.4, -0.2) is 34.5 Å². The number of furan rings is 2. The Hall–Kier alpha value is -13.0. The van der Waals surface area contributed by atoms with Crippen LogP contribution in [-0.2, 0) is 0 Å². The summed E-state index contributed by atoms with van der Waals surface area (Å²) in [7, 11) is 0. The quantitative estimate of drug-likeness (QED) is 0.119. The highest BCUT2D eigenvalue weighted by atomic mass is 16.3. The molecule has 0 unspecified atom stereocenters. The Labute approximate surface area is 546 Å². The Balaban J connectivity index is 0.688. The minimum Gasteiger partial charge on any atom is -0.456 e. The molecule has 18 aromatic rings. The van der Waals surface area contributed by atoms with E-state index in [2.05, 4.69) is 235 Å². The van der Waals surface area contributed by atoms with Crippen LogP contribution < -0.4 is 0 Å². The normalized spacial score (nSPS) is 11.6. The fraction of sp³-hybridized carbons (Fsp3) is 0. The SMILES string of the molecule is c1ccc(-c2cc(-c3ccc(-c4cc(-c5ccccc5)nc5c4oc4ccc(-c6ccc7c(c6)nc(-c6ccccc6)n7-c6ccc(-c7nc(-c8ccccc8)cc(-c8ccc(-c9ccc%10oc%11ccccc%11c%10c9)cc8)n7)cc6)cc45)cc3)nc(-c3ccccc3)n2)cc1. The number of imidazole rings is 1. The van der Waals surface area contributed by atoms with Crippen LogP contribution in [0.25, 0.3) is 185 Å². The second-order valence-corrected chi connectivity index (χ2v) is 23.8. The highest BCUT2D eigenvalue weighted by Gasteiger charge is 2.22. The number of hydrogen-bond donors (Lipinski definition) is 0. The van der Waals surface area contributed by atoms with Crippen LogP contribution in [0, 0.1) is 0 Å². The molecule has 0 saturated carbocycles. The summed E-state index contributed by atoms with van der Waals surface area (Å²) in [6.07, 6.45) is 0. The van der Waals surface area contributed by atoms with Crippen molar-refractivity contribution in [2.45, 2.75) is 0 Å². The number of nitrogens with zero attached hydrogens (tertiary/aromatic N) is 7. The summed E-state index contributed by atoms with van der Waals surface area (Å²) in [6.45, 7) is 0. The Morgan fingerprint density at radius 1 is 0.242 bits per heavy atom. The van der Waals surface area contributed by atoms with Crippen LogP contribution >= 0.6 is 0 Å². The Bertz CT molecular complexity index is 5860. The zero-order valence-corrected chi connectivity index (χ0v) is 51.0. The van der Waals surface area contributed by atoms with Crippen LogP contribution in [0.2, 0.25) is 0 Å². The van der Waals surface area contributed by atoms with Crippen molar-refractivity contribution in [2.24, 2.45) is 0 Å². The van der Waals surface area contributed by atoms with Gasteiger partial charge in [0, 0.05) is 71.9 Å². The predicted octanol–water partition coefficient (Wildman–Crippen LogP) is 22.1. The molecule has 0 aliphatic rings. The molecular formula is C86H53N7O2. The average Bonchev–Trinajstić information content (AvgIpc) is 1.62. The number of rotatable bonds is 12. The minimum atomic E-state index is 0.632. The van der Waals surface area contributed by atoms with E-state index in [4.69, 9.17) is 38.7 Å². The van der Waals surface area contributed by atoms with Crippen LogP contribution in [0.4, 0.5) is 0 Å². The first-order chi connectivity index (χ1) is 47.0. The van der Waals surface area contributed by atoms with Gasteiger partial charge in [0.25, 0.3) is 0 Å². The highest BCUT2D eigenvalue weighted by Crippen LogP contribution is 2.42. The lowest BCUT2D eigenvalue weighted by molar-refractivity contribution is 0.668. The van der Waals surface area contributed by atoms with Crippen LogP contribution in [0.15, 0.2) is 330 Å². The number of aromatic nitrogens is 7.